The lowest BCUT2D eigenvalue weighted by Crippen LogP contribution is -2.48. The Morgan fingerprint density at radius 2 is 1.62 bits per heavy atom. The predicted molar refractivity (Wildman–Crippen MR) is 225 cm³/mol. The number of aliphatic hydroxyl groups excluding tert-OH is 1. The molecule has 1 saturated heterocycles. The summed E-state index contributed by atoms with van der Waals surface area (Å²) in [5.41, 5.74) is 3.52. The normalized spacial score (nSPS) is 23.6. The minimum absolute atomic E-state index is 0.118. The van der Waals surface area contributed by atoms with Crippen molar-refractivity contribution >= 4 is 59.1 Å². The quantitative estimate of drug-likeness (QED) is 0.130. The number of fused-ring (bicyclic) bond motifs is 5. The second-order valence-corrected chi connectivity index (χ2v) is 20.9. The van der Waals surface area contributed by atoms with Crippen molar-refractivity contribution < 1.29 is 33.1 Å². The van der Waals surface area contributed by atoms with Gasteiger partial charge in [-0.2, -0.15) is 0 Å². The minimum Gasteiger partial charge on any atom is -0.454 e. The zero-order valence-corrected chi connectivity index (χ0v) is 35.0. The van der Waals surface area contributed by atoms with Crippen LogP contribution in [0.2, 0.25) is 18.6 Å². The molecular weight excluding hydrogens is 818 g/mol. The van der Waals surface area contributed by atoms with Crippen LogP contribution in [-0.4, -0.2) is 54.9 Å². The van der Waals surface area contributed by atoms with E-state index in [1.54, 1.807) is 46.0 Å². The van der Waals surface area contributed by atoms with Gasteiger partial charge in [-0.25, -0.2) is 0 Å². The fourth-order valence-corrected chi connectivity index (χ4v) is 12.6. The number of carbonyl (C=O) groups excluding carboxylic acids is 3. The lowest BCUT2D eigenvalue weighted by Gasteiger charge is -2.37. The van der Waals surface area contributed by atoms with Gasteiger partial charge in [0.15, 0.2) is 11.4 Å². The van der Waals surface area contributed by atoms with Gasteiger partial charge < -0.3 is 28.5 Å². The van der Waals surface area contributed by atoms with E-state index in [-0.39, 0.29) is 37.3 Å². The smallest absolute Gasteiger partial charge is 0.266 e. The topological polar surface area (TPSA) is 99.6 Å². The SMILES string of the molecule is C[C@H]1[C@H]([Si](C)(C)F)[C@@H](CC(=O)N2Cc3ccccc3C[C@H]2CO)O[C@]12C(=O)N(Cc1cccc(N3C(=O)c4ccccc4Oc4ccccc43)c1)c1ccc(Br)cc12. The molecule has 0 bridgehead atoms. The van der Waals surface area contributed by atoms with E-state index in [9.17, 15) is 14.7 Å². The third-order valence-electron chi connectivity index (χ3n) is 12.3. The van der Waals surface area contributed by atoms with E-state index in [1.807, 2.05) is 104 Å². The highest BCUT2D eigenvalue weighted by Gasteiger charge is 2.67. The Balaban J connectivity index is 1.05. The summed E-state index contributed by atoms with van der Waals surface area (Å²) in [5, 5.41) is 10.3. The molecular formula is C46H43BrFN3O6Si. The molecule has 0 aliphatic carbocycles. The first kappa shape index (κ1) is 38.4. The molecule has 5 aromatic rings. The molecule has 1 spiro atoms. The van der Waals surface area contributed by atoms with Gasteiger partial charge in [0.1, 0.15) is 5.75 Å². The number of benzene rings is 5. The Kier molecular flexibility index (Phi) is 9.66. The molecule has 5 aromatic carbocycles. The molecule has 9 rings (SSSR count). The lowest BCUT2D eigenvalue weighted by atomic mass is 9.82. The van der Waals surface area contributed by atoms with Gasteiger partial charge in [0.25, 0.3) is 11.8 Å². The van der Waals surface area contributed by atoms with Crippen LogP contribution in [0, 0.1) is 5.92 Å². The fraction of sp³-hybridized carbons (Fsp3) is 0.283. The van der Waals surface area contributed by atoms with Crippen molar-refractivity contribution in [1.29, 1.82) is 0 Å². The van der Waals surface area contributed by atoms with Crippen molar-refractivity contribution in [2.45, 2.75) is 69.2 Å². The summed E-state index contributed by atoms with van der Waals surface area (Å²) in [4.78, 5) is 48.7. The molecule has 4 aliphatic heterocycles. The van der Waals surface area contributed by atoms with Gasteiger partial charge in [-0.1, -0.05) is 83.5 Å². The van der Waals surface area contributed by atoms with E-state index in [2.05, 4.69) is 15.9 Å². The number of rotatable bonds is 7. The van der Waals surface area contributed by atoms with Crippen LogP contribution in [0.25, 0.3) is 0 Å². The Hall–Kier alpha value is -5.14. The van der Waals surface area contributed by atoms with E-state index in [0.29, 0.717) is 52.7 Å². The Morgan fingerprint density at radius 1 is 0.897 bits per heavy atom. The molecule has 9 nitrogen and oxygen atoms in total. The molecule has 1 N–H and O–H groups in total. The number of hydrogen-bond acceptors (Lipinski definition) is 6. The monoisotopic (exact) mass is 859 g/mol. The van der Waals surface area contributed by atoms with Crippen LogP contribution in [0.3, 0.4) is 0 Å². The Labute approximate surface area is 346 Å². The standard InChI is InChI=1S/C46H43BrFN3O6Si/c1-28-43(58(2,3)48)41(24-42(53)49-26-31-13-5-4-12-30(31)22-34(49)27-52)57-46(28)36-23-32(47)19-20-37(36)50(45(46)55)25-29-11-10-14-33(21-29)51-38-16-7-9-18-40(38)56-39-17-8-6-15-35(39)44(51)54/h4-21,23,28,34,41,43,52H,22,24-27H2,1-3H3/t28-,34-,41+,43-,46+/m0/s1. The van der Waals surface area contributed by atoms with Gasteiger partial charge >= 0.3 is 0 Å². The van der Waals surface area contributed by atoms with Gasteiger partial charge in [-0.15, -0.1) is 0 Å². The number of nitrogens with zero attached hydrogens (tertiary/aromatic N) is 3. The summed E-state index contributed by atoms with van der Waals surface area (Å²) < 4.78 is 30.6. The highest BCUT2D eigenvalue weighted by Crippen LogP contribution is 2.61. The summed E-state index contributed by atoms with van der Waals surface area (Å²) in [5.74, 6) is -0.412. The Bertz CT molecular complexity index is 2480. The molecule has 4 aliphatic rings. The van der Waals surface area contributed by atoms with E-state index in [1.165, 1.54) is 0 Å². The minimum atomic E-state index is -3.57. The number of carbonyl (C=O) groups is 3. The van der Waals surface area contributed by atoms with Crippen LogP contribution in [0.15, 0.2) is 120 Å². The number of anilines is 3. The van der Waals surface area contributed by atoms with Gasteiger partial charge in [-0.05, 0) is 90.8 Å². The van der Waals surface area contributed by atoms with Crippen molar-refractivity contribution in [3.05, 3.63) is 148 Å². The first-order chi connectivity index (χ1) is 27.9. The van der Waals surface area contributed by atoms with Crippen molar-refractivity contribution in [2.24, 2.45) is 5.92 Å². The van der Waals surface area contributed by atoms with Gasteiger partial charge in [0.2, 0.25) is 14.3 Å². The van der Waals surface area contributed by atoms with Crippen molar-refractivity contribution in [3.63, 3.8) is 0 Å². The molecule has 0 aromatic heterocycles. The number of ether oxygens (including phenoxy) is 2. The number of aliphatic hydroxyl groups is 1. The molecule has 0 unspecified atom stereocenters. The maximum absolute atomic E-state index is 16.7. The molecule has 0 radical (unpaired) electrons. The van der Waals surface area contributed by atoms with Crippen molar-refractivity contribution in [1.82, 2.24) is 4.90 Å². The first-order valence-corrected chi connectivity index (χ1v) is 23.4. The summed E-state index contributed by atoms with van der Waals surface area (Å²) in [7, 11) is -3.57. The van der Waals surface area contributed by atoms with E-state index in [4.69, 9.17) is 9.47 Å². The largest absolute Gasteiger partial charge is 0.454 e. The molecule has 0 saturated carbocycles. The number of halogens is 2. The second-order valence-electron chi connectivity index (χ2n) is 16.2. The van der Waals surface area contributed by atoms with Gasteiger partial charge in [-0.3, -0.25) is 19.3 Å². The maximum Gasteiger partial charge on any atom is 0.266 e. The Morgan fingerprint density at radius 3 is 2.40 bits per heavy atom. The van der Waals surface area contributed by atoms with Crippen molar-refractivity contribution in [2.75, 3.05) is 16.4 Å². The van der Waals surface area contributed by atoms with E-state index < -0.39 is 37.6 Å². The molecule has 5 atom stereocenters. The fourth-order valence-electron chi connectivity index (χ4n) is 9.75. The first-order valence-electron chi connectivity index (χ1n) is 19.6. The van der Waals surface area contributed by atoms with Crippen molar-refractivity contribution in [3.8, 4) is 11.5 Å². The van der Waals surface area contributed by atoms with E-state index in [0.717, 1.165) is 21.2 Å². The van der Waals surface area contributed by atoms with Crippen LogP contribution >= 0.6 is 15.9 Å². The molecule has 4 heterocycles. The maximum atomic E-state index is 16.7. The van der Waals surface area contributed by atoms with Crippen LogP contribution in [0.5, 0.6) is 11.5 Å². The number of hydrogen-bond donors (Lipinski definition) is 1. The zero-order valence-electron chi connectivity index (χ0n) is 32.4. The van der Waals surface area contributed by atoms with Gasteiger partial charge in [0, 0.05) is 33.7 Å². The highest BCUT2D eigenvalue weighted by atomic mass is 79.9. The summed E-state index contributed by atoms with van der Waals surface area (Å²) in [6.45, 7) is 5.41. The third-order valence-corrected chi connectivity index (χ3v) is 15.3. The molecule has 12 heteroatoms. The predicted octanol–water partition coefficient (Wildman–Crippen LogP) is 9.19. The van der Waals surface area contributed by atoms with Gasteiger partial charge in [0.05, 0.1) is 48.7 Å². The van der Waals surface area contributed by atoms with Crippen LogP contribution < -0.4 is 14.5 Å². The average molecular weight is 861 g/mol. The van der Waals surface area contributed by atoms with Crippen LogP contribution in [-0.2, 0) is 39.4 Å². The molecule has 296 valence electrons. The second kappa shape index (κ2) is 14.6. The summed E-state index contributed by atoms with van der Waals surface area (Å²) >= 11 is 3.62. The van der Waals surface area contributed by atoms with Crippen LogP contribution in [0.1, 0.15) is 46.0 Å². The molecule has 3 amide bonds. The highest BCUT2D eigenvalue weighted by molar-refractivity contribution is 9.10. The zero-order chi connectivity index (χ0) is 40.5. The summed E-state index contributed by atoms with van der Waals surface area (Å²) in [6.07, 6.45) is -0.469. The number of amides is 3. The number of para-hydroxylation sites is 3. The molecule has 58 heavy (non-hydrogen) atoms. The van der Waals surface area contributed by atoms with E-state index >= 15 is 8.90 Å². The average Bonchev–Trinajstić information content (AvgIpc) is 3.58. The summed E-state index contributed by atoms with van der Waals surface area (Å²) in [6, 6.07) is 35.2. The lowest BCUT2D eigenvalue weighted by molar-refractivity contribution is -0.151. The van der Waals surface area contributed by atoms with Crippen LogP contribution in [0.4, 0.5) is 21.2 Å². The molecule has 1 fully saturated rings. The third kappa shape index (κ3) is 6.28.